The van der Waals surface area contributed by atoms with E-state index in [0.29, 0.717) is 27.0 Å². The Morgan fingerprint density at radius 3 is 2.72 bits per heavy atom. The van der Waals surface area contributed by atoms with Crippen molar-refractivity contribution in [1.82, 2.24) is 4.90 Å². The molecule has 1 aromatic carbocycles. The van der Waals surface area contributed by atoms with E-state index in [0.717, 1.165) is 12.5 Å². The third-order valence-corrected chi connectivity index (χ3v) is 8.11. The van der Waals surface area contributed by atoms with Crippen LogP contribution in [0.3, 0.4) is 0 Å². The van der Waals surface area contributed by atoms with Crippen molar-refractivity contribution in [2.24, 2.45) is 11.8 Å². The van der Waals surface area contributed by atoms with Crippen molar-refractivity contribution in [3.05, 3.63) is 42.5 Å². The molecule has 0 aromatic heterocycles. The third kappa shape index (κ3) is 4.39. The van der Waals surface area contributed by atoms with Gasteiger partial charge in [-0.15, -0.1) is 0 Å². The summed E-state index contributed by atoms with van der Waals surface area (Å²) < 4.78 is 8.10. The van der Waals surface area contributed by atoms with Crippen LogP contribution in [-0.4, -0.2) is 44.3 Å². The van der Waals surface area contributed by atoms with Gasteiger partial charge in [0.15, 0.2) is 0 Å². The van der Waals surface area contributed by atoms with Crippen LogP contribution in [0.5, 0.6) is 0 Å². The van der Waals surface area contributed by atoms with Gasteiger partial charge in [-0.25, -0.2) is 0 Å². The van der Waals surface area contributed by atoms with E-state index in [1.807, 2.05) is 0 Å². The summed E-state index contributed by atoms with van der Waals surface area (Å²) in [6.45, 7) is 10.5. The van der Waals surface area contributed by atoms with Gasteiger partial charge in [-0.05, 0) is 0 Å². The second kappa shape index (κ2) is 8.39. The SMILES string of the molecule is C/C=C/[C@@H]1O[C@@H]2C[C@H](C)CC[C@H]2C(C)(C)N1CC[Se]c1ccccc1. The molecule has 25 heavy (non-hydrogen) atoms. The number of nitrogens with zero attached hydrogens (tertiary/aromatic N) is 1. The fourth-order valence-corrected chi connectivity index (χ4v) is 6.42. The zero-order valence-corrected chi connectivity index (χ0v) is 17.9. The van der Waals surface area contributed by atoms with E-state index in [-0.39, 0.29) is 11.8 Å². The van der Waals surface area contributed by atoms with Crippen molar-refractivity contribution < 1.29 is 4.74 Å². The first-order chi connectivity index (χ1) is 12.0. The van der Waals surface area contributed by atoms with E-state index in [1.165, 1.54) is 29.0 Å². The monoisotopic (exact) mass is 407 g/mol. The first-order valence-electron chi connectivity index (χ1n) is 9.75. The maximum absolute atomic E-state index is 6.60. The van der Waals surface area contributed by atoms with Crippen LogP contribution in [0.2, 0.25) is 5.32 Å². The van der Waals surface area contributed by atoms with Gasteiger partial charge in [0.25, 0.3) is 0 Å². The molecule has 1 aromatic rings. The van der Waals surface area contributed by atoms with E-state index in [1.54, 1.807) is 0 Å². The molecule has 1 heterocycles. The molecule has 1 saturated carbocycles. The molecule has 0 bridgehead atoms. The Hall–Kier alpha value is -0.601. The Kier molecular flexibility index (Phi) is 6.44. The summed E-state index contributed by atoms with van der Waals surface area (Å²) >= 11 is 0.537. The molecule has 0 N–H and O–H groups in total. The van der Waals surface area contributed by atoms with E-state index in [2.05, 4.69) is 75.1 Å². The number of rotatable bonds is 5. The molecule has 4 atom stereocenters. The normalized spacial score (nSPS) is 32.6. The summed E-state index contributed by atoms with van der Waals surface area (Å²) in [5, 5.41) is 1.24. The number of allylic oxidation sites excluding steroid dienone is 1. The molecule has 1 saturated heterocycles. The molecule has 0 unspecified atom stereocenters. The van der Waals surface area contributed by atoms with Crippen LogP contribution in [0.1, 0.15) is 47.0 Å². The van der Waals surface area contributed by atoms with Crippen LogP contribution >= 0.6 is 0 Å². The molecule has 2 aliphatic rings. The van der Waals surface area contributed by atoms with Gasteiger partial charge >= 0.3 is 160 Å². The molecule has 0 spiro atoms. The Morgan fingerprint density at radius 2 is 2.00 bits per heavy atom. The summed E-state index contributed by atoms with van der Waals surface area (Å²) in [6.07, 6.45) is 8.86. The molecule has 3 rings (SSSR count). The van der Waals surface area contributed by atoms with Crippen molar-refractivity contribution in [2.75, 3.05) is 6.54 Å². The minimum atomic E-state index is 0.137. The summed E-state index contributed by atoms with van der Waals surface area (Å²) in [5.74, 6) is 1.46. The number of fused-ring (bicyclic) bond motifs is 1. The first kappa shape index (κ1) is 19.2. The van der Waals surface area contributed by atoms with Crippen molar-refractivity contribution in [2.45, 2.75) is 70.1 Å². The van der Waals surface area contributed by atoms with Gasteiger partial charge in [-0.1, -0.05) is 0 Å². The molecule has 0 radical (unpaired) electrons. The summed E-state index contributed by atoms with van der Waals surface area (Å²) in [5.41, 5.74) is 0.208. The number of hydrogen-bond acceptors (Lipinski definition) is 2. The molecule has 0 amide bonds. The second-order valence-corrected chi connectivity index (χ2v) is 10.6. The van der Waals surface area contributed by atoms with E-state index in [9.17, 15) is 0 Å². The Morgan fingerprint density at radius 1 is 1.24 bits per heavy atom. The van der Waals surface area contributed by atoms with Crippen molar-refractivity contribution in [1.29, 1.82) is 0 Å². The topological polar surface area (TPSA) is 12.5 Å². The van der Waals surface area contributed by atoms with Gasteiger partial charge < -0.3 is 0 Å². The molecule has 1 aliphatic carbocycles. The minimum absolute atomic E-state index is 0.137. The van der Waals surface area contributed by atoms with Gasteiger partial charge in [0.05, 0.1) is 0 Å². The van der Waals surface area contributed by atoms with Crippen LogP contribution in [-0.2, 0) is 4.74 Å². The van der Waals surface area contributed by atoms with Crippen molar-refractivity contribution >= 4 is 19.4 Å². The van der Waals surface area contributed by atoms with Crippen LogP contribution < -0.4 is 4.46 Å². The zero-order chi connectivity index (χ0) is 17.9. The predicted octanol–water partition coefficient (Wildman–Crippen LogP) is 4.25. The van der Waals surface area contributed by atoms with E-state index < -0.39 is 0 Å². The first-order valence-corrected chi connectivity index (χ1v) is 11.8. The second-order valence-electron chi connectivity index (χ2n) is 8.12. The van der Waals surface area contributed by atoms with Gasteiger partial charge in [-0.2, -0.15) is 0 Å². The van der Waals surface area contributed by atoms with Crippen LogP contribution in [0.25, 0.3) is 0 Å². The molecule has 138 valence electrons. The van der Waals surface area contributed by atoms with Crippen LogP contribution in [0.4, 0.5) is 0 Å². The van der Waals surface area contributed by atoms with Gasteiger partial charge in [0.2, 0.25) is 0 Å². The van der Waals surface area contributed by atoms with Crippen LogP contribution in [0, 0.1) is 11.8 Å². The van der Waals surface area contributed by atoms with Crippen molar-refractivity contribution in [3.63, 3.8) is 0 Å². The molecule has 1 aliphatic heterocycles. The average molecular weight is 406 g/mol. The fraction of sp³-hybridized carbons (Fsp3) is 0.636. The van der Waals surface area contributed by atoms with Gasteiger partial charge in [0, 0.05) is 0 Å². The number of hydrogen-bond donors (Lipinski definition) is 0. The van der Waals surface area contributed by atoms with E-state index in [4.69, 9.17) is 4.74 Å². The number of ether oxygens (including phenoxy) is 1. The standard InChI is InChI=1S/C22H33NOSe/c1-5-9-21-23(14-15-25-18-10-7-6-8-11-18)22(3,4)19-13-12-17(2)16-20(19)24-21/h5-11,17,19-21H,12-16H2,1-4H3/b9-5+/t17-,19-,20-,21+/m1/s1. The van der Waals surface area contributed by atoms with Crippen LogP contribution in [0.15, 0.2) is 42.5 Å². The zero-order valence-electron chi connectivity index (χ0n) is 16.2. The molecular weight excluding hydrogens is 373 g/mol. The summed E-state index contributed by atoms with van der Waals surface area (Å²) in [6, 6.07) is 10.9. The third-order valence-electron chi connectivity index (χ3n) is 6.02. The Bertz CT molecular complexity index is 571. The number of benzene rings is 1. The van der Waals surface area contributed by atoms with Gasteiger partial charge in [0.1, 0.15) is 0 Å². The Balaban J connectivity index is 1.70. The molecule has 3 heteroatoms. The summed E-state index contributed by atoms with van der Waals surface area (Å²) in [7, 11) is 0. The molecular formula is C22H33NOSe. The predicted molar refractivity (Wildman–Crippen MR) is 107 cm³/mol. The summed E-state index contributed by atoms with van der Waals surface area (Å²) in [4.78, 5) is 2.63. The molecule has 2 fully saturated rings. The Labute approximate surface area is 160 Å². The average Bonchev–Trinajstić information content (AvgIpc) is 2.58. The fourth-order valence-electron chi connectivity index (χ4n) is 4.59. The maximum atomic E-state index is 6.60. The quantitative estimate of drug-likeness (QED) is 0.535. The van der Waals surface area contributed by atoms with Crippen molar-refractivity contribution in [3.8, 4) is 0 Å². The van der Waals surface area contributed by atoms with Gasteiger partial charge in [-0.3, -0.25) is 0 Å². The molecule has 2 nitrogen and oxygen atoms in total. The van der Waals surface area contributed by atoms with E-state index >= 15 is 0 Å².